The summed E-state index contributed by atoms with van der Waals surface area (Å²) in [5, 5.41) is 21.6. The Balaban J connectivity index is 2.14. The van der Waals surface area contributed by atoms with Crippen LogP contribution in [-0.2, 0) is 0 Å². The zero-order valence-corrected chi connectivity index (χ0v) is 9.84. The van der Waals surface area contributed by atoms with E-state index in [1.807, 2.05) is 6.92 Å². The molecule has 0 aliphatic heterocycles. The van der Waals surface area contributed by atoms with Gasteiger partial charge in [-0.2, -0.15) is 0 Å². The number of aliphatic hydroxyl groups is 2. The number of hydrogen-bond donors (Lipinski definition) is 3. The predicted molar refractivity (Wildman–Crippen MR) is 61.7 cm³/mol. The standard InChI is InChI=1S/C12H25NO2/c1-12(9-14,10-15)8-13-7-11-5-3-2-4-6-11/h11,13-15H,2-10H2,1H3. The number of rotatable bonds is 6. The van der Waals surface area contributed by atoms with Crippen LogP contribution in [0.1, 0.15) is 39.0 Å². The first kappa shape index (κ1) is 12.9. The van der Waals surface area contributed by atoms with Gasteiger partial charge in [0.25, 0.3) is 0 Å². The third kappa shape index (κ3) is 4.49. The summed E-state index contributed by atoms with van der Waals surface area (Å²) in [5.74, 6) is 0.806. The first-order valence-corrected chi connectivity index (χ1v) is 6.12. The fourth-order valence-corrected chi connectivity index (χ4v) is 2.13. The highest BCUT2D eigenvalue weighted by Gasteiger charge is 2.22. The number of nitrogens with one attached hydrogen (secondary N) is 1. The van der Waals surface area contributed by atoms with Crippen molar-refractivity contribution in [1.29, 1.82) is 0 Å². The molecule has 1 rings (SSSR count). The van der Waals surface area contributed by atoms with Gasteiger partial charge >= 0.3 is 0 Å². The van der Waals surface area contributed by atoms with E-state index in [1.54, 1.807) is 0 Å². The highest BCUT2D eigenvalue weighted by molar-refractivity contribution is 4.76. The number of hydrogen-bond acceptors (Lipinski definition) is 3. The molecule has 15 heavy (non-hydrogen) atoms. The maximum Gasteiger partial charge on any atom is 0.0518 e. The summed E-state index contributed by atoms with van der Waals surface area (Å²) in [5.41, 5.74) is -0.366. The summed E-state index contributed by atoms with van der Waals surface area (Å²) in [6, 6.07) is 0. The molecule has 1 fully saturated rings. The molecule has 3 nitrogen and oxygen atoms in total. The van der Waals surface area contributed by atoms with Crippen molar-refractivity contribution in [2.24, 2.45) is 11.3 Å². The zero-order chi connectivity index (χ0) is 11.1. The lowest BCUT2D eigenvalue weighted by Gasteiger charge is -2.27. The molecule has 1 aliphatic carbocycles. The Morgan fingerprint density at radius 3 is 2.27 bits per heavy atom. The van der Waals surface area contributed by atoms with Crippen LogP contribution in [0.3, 0.4) is 0 Å². The minimum atomic E-state index is -0.366. The van der Waals surface area contributed by atoms with E-state index < -0.39 is 0 Å². The molecule has 0 amide bonds. The van der Waals surface area contributed by atoms with Crippen LogP contribution < -0.4 is 5.32 Å². The third-order valence-electron chi connectivity index (χ3n) is 3.47. The molecule has 0 aromatic heterocycles. The highest BCUT2D eigenvalue weighted by atomic mass is 16.3. The van der Waals surface area contributed by atoms with E-state index in [9.17, 15) is 0 Å². The summed E-state index contributed by atoms with van der Waals surface area (Å²) < 4.78 is 0. The molecule has 0 saturated heterocycles. The molecule has 0 atom stereocenters. The lowest BCUT2D eigenvalue weighted by atomic mass is 9.88. The van der Waals surface area contributed by atoms with Crippen molar-refractivity contribution in [3.8, 4) is 0 Å². The third-order valence-corrected chi connectivity index (χ3v) is 3.47. The van der Waals surface area contributed by atoms with Gasteiger partial charge in [0.15, 0.2) is 0 Å². The largest absolute Gasteiger partial charge is 0.396 e. The Bertz CT molecular complexity index is 163. The molecule has 0 aromatic rings. The van der Waals surface area contributed by atoms with Crippen LogP contribution in [0.4, 0.5) is 0 Å². The second-order valence-corrected chi connectivity index (χ2v) is 5.26. The molecule has 0 bridgehead atoms. The average Bonchev–Trinajstić information content (AvgIpc) is 2.30. The normalized spacial score (nSPS) is 19.4. The van der Waals surface area contributed by atoms with Crippen molar-refractivity contribution < 1.29 is 10.2 Å². The van der Waals surface area contributed by atoms with Crippen LogP contribution in [0.2, 0.25) is 0 Å². The van der Waals surface area contributed by atoms with Crippen molar-refractivity contribution in [1.82, 2.24) is 5.32 Å². The molecule has 3 N–H and O–H groups in total. The Hall–Kier alpha value is -0.120. The van der Waals surface area contributed by atoms with Gasteiger partial charge in [-0.15, -0.1) is 0 Å². The molecule has 1 aliphatic rings. The smallest absolute Gasteiger partial charge is 0.0518 e. The van der Waals surface area contributed by atoms with Gasteiger partial charge in [0, 0.05) is 12.0 Å². The molecule has 0 unspecified atom stereocenters. The van der Waals surface area contributed by atoms with Crippen LogP contribution >= 0.6 is 0 Å². The minimum absolute atomic E-state index is 0.0428. The molecule has 0 radical (unpaired) electrons. The molecule has 1 saturated carbocycles. The van der Waals surface area contributed by atoms with Gasteiger partial charge in [-0.05, 0) is 25.3 Å². The van der Waals surface area contributed by atoms with Crippen molar-refractivity contribution in [2.45, 2.75) is 39.0 Å². The lowest BCUT2D eigenvalue weighted by molar-refractivity contribution is 0.0685. The van der Waals surface area contributed by atoms with E-state index in [2.05, 4.69) is 5.32 Å². The fraction of sp³-hybridized carbons (Fsp3) is 1.00. The predicted octanol–water partition coefficient (Wildman–Crippen LogP) is 1.15. The molecule has 0 spiro atoms. The second kappa shape index (κ2) is 6.46. The summed E-state index contributed by atoms with van der Waals surface area (Å²) in [7, 11) is 0. The van der Waals surface area contributed by atoms with Crippen LogP contribution in [0.15, 0.2) is 0 Å². The van der Waals surface area contributed by atoms with Gasteiger partial charge in [-0.1, -0.05) is 26.2 Å². The van der Waals surface area contributed by atoms with Gasteiger partial charge in [-0.25, -0.2) is 0 Å². The zero-order valence-electron chi connectivity index (χ0n) is 9.84. The molecular weight excluding hydrogens is 190 g/mol. The van der Waals surface area contributed by atoms with Crippen LogP contribution in [-0.4, -0.2) is 36.5 Å². The number of aliphatic hydroxyl groups excluding tert-OH is 2. The maximum absolute atomic E-state index is 9.12. The highest BCUT2D eigenvalue weighted by Crippen LogP contribution is 2.23. The van der Waals surface area contributed by atoms with Gasteiger partial charge in [0.1, 0.15) is 0 Å². The van der Waals surface area contributed by atoms with E-state index in [-0.39, 0.29) is 18.6 Å². The van der Waals surface area contributed by atoms with Gasteiger partial charge in [0.05, 0.1) is 13.2 Å². The lowest BCUT2D eigenvalue weighted by Crippen LogP contribution is -2.39. The fourth-order valence-electron chi connectivity index (χ4n) is 2.13. The van der Waals surface area contributed by atoms with E-state index >= 15 is 0 Å². The quantitative estimate of drug-likeness (QED) is 0.623. The summed E-state index contributed by atoms with van der Waals surface area (Å²) >= 11 is 0. The van der Waals surface area contributed by atoms with Crippen molar-refractivity contribution in [3.05, 3.63) is 0 Å². The van der Waals surface area contributed by atoms with Crippen LogP contribution in [0.5, 0.6) is 0 Å². The summed E-state index contributed by atoms with van der Waals surface area (Å²) in [4.78, 5) is 0. The second-order valence-electron chi connectivity index (χ2n) is 5.26. The summed E-state index contributed by atoms with van der Waals surface area (Å²) in [6.07, 6.45) is 6.79. The van der Waals surface area contributed by atoms with E-state index in [4.69, 9.17) is 10.2 Å². The molecule has 0 heterocycles. The Labute approximate surface area is 92.9 Å². The maximum atomic E-state index is 9.12. The van der Waals surface area contributed by atoms with Crippen LogP contribution in [0, 0.1) is 11.3 Å². The van der Waals surface area contributed by atoms with Gasteiger partial charge < -0.3 is 15.5 Å². The average molecular weight is 215 g/mol. The Morgan fingerprint density at radius 1 is 1.13 bits per heavy atom. The Morgan fingerprint density at radius 2 is 1.73 bits per heavy atom. The van der Waals surface area contributed by atoms with Crippen LogP contribution in [0.25, 0.3) is 0 Å². The SMILES string of the molecule is CC(CO)(CO)CNCC1CCCCC1. The van der Waals surface area contributed by atoms with E-state index in [0.29, 0.717) is 6.54 Å². The van der Waals surface area contributed by atoms with Gasteiger partial charge in [0.2, 0.25) is 0 Å². The first-order valence-electron chi connectivity index (χ1n) is 6.12. The minimum Gasteiger partial charge on any atom is -0.396 e. The van der Waals surface area contributed by atoms with E-state index in [0.717, 1.165) is 12.5 Å². The van der Waals surface area contributed by atoms with Crippen molar-refractivity contribution in [3.63, 3.8) is 0 Å². The molecule has 3 heteroatoms. The molecule has 0 aromatic carbocycles. The van der Waals surface area contributed by atoms with E-state index in [1.165, 1.54) is 32.1 Å². The summed E-state index contributed by atoms with van der Waals surface area (Å²) in [6.45, 7) is 3.73. The van der Waals surface area contributed by atoms with Gasteiger partial charge in [-0.3, -0.25) is 0 Å². The molecular formula is C12H25NO2. The topological polar surface area (TPSA) is 52.5 Å². The first-order chi connectivity index (χ1) is 7.20. The van der Waals surface area contributed by atoms with Crippen molar-refractivity contribution >= 4 is 0 Å². The molecule has 90 valence electrons. The monoisotopic (exact) mass is 215 g/mol. The Kier molecular flexibility index (Phi) is 5.58. The van der Waals surface area contributed by atoms with Crippen molar-refractivity contribution in [2.75, 3.05) is 26.3 Å².